The first-order chi connectivity index (χ1) is 7.15. The Hall–Kier alpha value is -1.00. The zero-order valence-corrected chi connectivity index (χ0v) is 9.27. The maximum Gasteiger partial charge on any atom is 0.172 e. The lowest BCUT2D eigenvalue weighted by molar-refractivity contribution is 0.270. The lowest BCUT2D eigenvalue weighted by Crippen LogP contribution is -2.01. The Morgan fingerprint density at radius 1 is 1.47 bits per heavy atom. The quantitative estimate of drug-likeness (QED) is 0.869. The molecule has 0 aliphatic carbocycles. The van der Waals surface area contributed by atoms with Crippen molar-refractivity contribution in [2.24, 2.45) is 0 Å². The number of hydrogen-bond acceptors (Lipinski definition) is 3. The zero-order chi connectivity index (χ0) is 11.4. The van der Waals surface area contributed by atoms with Crippen LogP contribution in [0.3, 0.4) is 0 Å². The van der Waals surface area contributed by atoms with Gasteiger partial charge in [0.15, 0.2) is 11.6 Å². The molecule has 1 aromatic rings. The van der Waals surface area contributed by atoms with Crippen molar-refractivity contribution in [1.82, 2.24) is 0 Å². The van der Waals surface area contributed by atoms with E-state index in [2.05, 4.69) is 0 Å². The number of aliphatic hydroxyl groups is 1. The fourth-order valence-corrected chi connectivity index (χ4v) is 1.44. The molecule has 0 saturated carbocycles. The first-order valence-corrected chi connectivity index (χ1v) is 4.82. The molecule has 0 atom stereocenters. The number of methoxy groups -OCH3 is 1. The second-order valence-electron chi connectivity index (χ2n) is 2.77. The van der Waals surface area contributed by atoms with Crippen molar-refractivity contribution >= 4 is 11.6 Å². The summed E-state index contributed by atoms with van der Waals surface area (Å²) in [5, 5.41) is 9.06. The number of aliphatic hydroxyl groups excluding tert-OH is 1. The lowest BCUT2D eigenvalue weighted by Gasteiger charge is -2.12. The molecular formula is C10H12ClFO3. The van der Waals surface area contributed by atoms with Crippen LogP contribution in [0.4, 0.5) is 4.39 Å². The van der Waals surface area contributed by atoms with Crippen molar-refractivity contribution in [1.29, 1.82) is 0 Å². The number of benzene rings is 1. The smallest absolute Gasteiger partial charge is 0.172 e. The van der Waals surface area contributed by atoms with Crippen molar-refractivity contribution in [3.05, 3.63) is 22.5 Å². The van der Waals surface area contributed by atoms with Crippen LogP contribution in [-0.4, -0.2) is 18.8 Å². The van der Waals surface area contributed by atoms with Crippen LogP contribution in [0, 0.1) is 5.82 Å². The normalized spacial score (nSPS) is 10.2. The summed E-state index contributed by atoms with van der Waals surface area (Å²) in [5.74, 6) is -0.346. The predicted octanol–water partition coefficient (Wildman–Crippen LogP) is 2.38. The van der Waals surface area contributed by atoms with Crippen molar-refractivity contribution in [2.45, 2.75) is 13.5 Å². The van der Waals surface area contributed by atoms with Crippen LogP contribution < -0.4 is 9.47 Å². The number of rotatable bonds is 4. The van der Waals surface area contributed by atoms with E-state index >= 15 is 0 Å². The van der Waals surface area contributed by atoms with E-state index in [0.29, 0.717) is 12.4 Å². The zero-order valence-electron chi connectivity index (χ0n) is 8.51. The highest BCUT2D eigenvalue weighted by Gasteiger charge is 2.17. The van der Waals surface area contributed by atoms with E-state index in [1.807, 2.05) is 0 Å². The summed E-state index contributed by atoms with van der Waals surface area (Å²) in [5.41, 5.74) is -0.0144. The van der Waals surface area contributed by atoms with Gasteiger partial charge in [0.2, 0.25) is 0 Å². The van der Waals surface area contributed by atoms with Gasteiger partial charge in [-0.25, -0.2) is 4.39 Å². The van der Waals surface area contributed by atoms with Crippen LogP contribution in [-0.2, 0) is 6.61 Å². The van der Waals surface area contributed by atoms with E-state index in [1.54, 1.807) is 6.92 Å². The van der Waals surface area contributed by atoms with Gasteiger partial charge in [-0.3, -0.25) is 0 Å². The van der Waals surface area contributed by atoms with Crippen LogP contribution in [0.2, 0.25) is 5.02 Å². The first-order valence-electron chi connectivity index (χ1n) is 4.44. The van der Waals surface area contributed by atoms with Crippen LogP contribution in [0.15, 0.2) is 6.07 Å². The lowest BCUT2D eigenvalue weighted by atomic mass is 10.2. The molecule has 15 heavy (non-hydrogen) atoms. The minimum Gasteiger partial charge on any atom is -0.494 e. The molecule has 5 heteroatoms. The molecule has 0 spiro atoms. The Morgan fingerprint density at radius 2 is 2.13 bits per heavy atom. The SMILES string of the molecule is CCOc1cc(OC)c(F)c(CO)c1Cl. The maximum atomic E-state index is 13.5. The summed E-state index contributed by atoms with van der Waals surface area (Å²) in [4.78, 5) is 0. The van der Waals surface area contributed by atoms with Gasteiger partial charge in [0, 0.05) is 11.6 Å². The molecular weight excluding hydrogens is 223 g/mol. The number of halogens is 2. The first kappa shape index (κ1) is 12.1. The van der Waals surface area contributed by atoms with Crippen LogP contribution in [0.5, 0.6) is 11.5 Å². The minimum absolute atomic E-state index is 0.00639. The molecule has 0 unspecified atom stereocenters. The highest BCUT2D eigenvalue weighted by molar-refractivity contribution is 6.32. The highest BCUT2D eigenvalue weighted by atomic mass is 35.5. The van der Waals surface area contributed by atoms with Gasteiger partial charge < -0.3 is 14.6 Å². The summed E-state index contributed by atoms with van der Waals surface area (Å²) in [6.07, 6.45) is 0. The van der Waals surface area contributed by atoms with Gasteiger partial charge in [-0.05, 0) is 6.92 Å². The summed E-state index contributed by atoms with van der Waals surface area (Å²) in [7, 11) is 1.34. The Bertz CT molecular complexity index is 355. The van der Waals surface area contributed by atoms with Crippen molar-refractivity contribution < 1.29 is 19.0 Å². The van der Waals surface area contributed by atoms with Gasteiger partial charge in [-0.1, -0.05) is 11.6 Å². The summed E-state index contributed by atoms with van der Waals surface area (Å²) < 4.78 is 23.5. The summed E-state index contributed by atoms with van der Waals surface area (Å²) in [6, 6.07) is 1.36. The van der Waals surface area contributed by atoms with Gasteiger partial charge in [-0.2, -0.15) is 0 Å². The van der Waals surface area contributed by atoms with Gasteiger partial charge in [0.25, 0.3) is 0 Å². The molecule has 1 rings (SSSR count). The Morgan fingerprint density at radius 3 is 2.60 bits per heavy atom. The molecule has 0 aromatic heterocycles. The molecule has 3 nitrogen and oxygen atoms in total. The third kappa shape index (κ3) is 2.33. The monoisotopic (exact) mass is 234 g/mol. The highest BCUT2D eigenvalue weighted by Crippen LogP contribution is 2.36. The van der Waals surface area contributed by atoms with E-state index in [-0.39, 0.29) is 16.3 Å². The van der Waals surface area contributed by atoms with E-state index in [1.165, 1.54) is 13.2 Å². The van der Waals surface area contributed by atoms with Crippen molar-refractivity contribution in [3.63, 3.8) is 0 Å². The minimum atomic E-state index is -0.659. The van der Waals surface area contributed by atoms with E-state index in [9.17, 15) is 4.39 Å². The molecule has 0 radical (unpaired) electrons. The molecule has 0 bridgehead atoms. The molecule has 84 valence electrons. The summed E-state index contributed by atoms with van der Waals surface area (Å²) in [6.45, 7) is 1.69. The number of hydrogen-bond donors (Lipinski definition) is 1. The second-order valence-corrected chi connectivity index (χ2v) is 3.15. The van der Waals surface area contributed by atoms with Crippen LogP contribution in [0.25, 0.3) is 0 Å². The van der Waals surface area contributed by atoms with E-state index in [0.717, 1.165) is 0 Å². The summed E-state index contributed by atoms with van der Waals surface area (Å²) >= 11 is 5.84. The third-order valence-electron chi connectivity index (χ3n) is 1.90. The van der Waals surface area contributed by atoms with E-state index < -0.39 is 12.4 Å². The van der Waals surface area contributed by atoms with Crippen LogP contribution >= 0.6 is 11.6 Å². The molecule has 0 fully saturated rings. The topological polar surface area (TPSA) is 38.7 Å². The second kappa shape index (κ2) is 5.19. The average molecular weight is 235 g/mol. The van der Waals surface area contributed by atoms with Gasteiger partial charge in [0.1, 0.15) is 5.75 Å². The standard InChI is InChI=1S/C10H12ClFO3/c1-3-15-7-4-8(14-2)10(12)6(5-13)9(7)11/h4,13H,3,5H2,1-2H3. The van der Waals surface area contributed by atoms with Gasteiger partial charge in [0.05, 0.1) is 25.3 Å². The van der Waals surface area contributed by atoms with Gasteiger partial charge in [-0.15, -0.1) is 0 Å². The Labute approximate surface area is 92.4 Å². The molecule has 1 N–H and O–H groups in total. The van der Waals surface area contributed by atoms with Crippen molar-refractivity contribution in [2.75, 3.05) is 13.7 Å². The average Bonchev–Trinajstić information content (AvgIpc) is 2.23. The molecule has 0 amide bonds. The third-order valence-corrected chi connectivity index (χ3v) is 2.32. The maximum absolute atomic E-state index is 13.5. The van der Waals surface area contributed by atoms with Gasteiger partial charge >= 0.3 is 0 Å². The fourth-order valence-electron chi connectivity index (χ4n) is 1.19. The Balaban J connectivity index is 3.30. The fraction of sp³-hybridized carbons (Fsp3) is 0.400. The van der Waals surface area contributed by atoms with Crippen LogP contribution in [0.1, 0.15) is 12.5 Å². The molecule has 0 aliphatic heterocycles. The predicted molar refractivity (Wildman–Crippen MR) is 55.1 cm³/mol. The largest absolute Gasteiger partial charge is 0.494 e. The van der Waals surface area contributed by atoms with Crippen molar-refractivity contribution in [3.8, 4) is 11.5 Å². The molecule has 0 heterocycles. The molecule has 0 saturated heterocycles. The molecule has 1 aromatic carbocycles. The molecule has 0 aliphatic rings. The number of ether oxygens (including phenoxy) is 2. The Kier molecular flexibility index (Phi) is 4.17. The van der Waals surface area contributed by atoms with E-state index in [4.69, 9.17) is 26.2 Å².